The Hall–Kier alpha value is -3.57. The van der Waals surface area contributed by atoms with Crippen LogP contribution in [0.3, 0.4) is 0 Å². The second kappa shape index (κ2) is 11.2. The minimum Gasteiger partial charge on any atom is -0.366 e. The predicted molar refractivity (Wildman–Crippen MR) is 133 cm³/mol. The van der Waals surface area contributed by atoms with Crippen molar-refractivity contribution in [3.63, 3.8) is 0 Å². The minimum absolute atomic E-state index is 0.0205. The van der Waals surface area contributed by atoms with E-state index in [1.807, 2.05) is 30.3 Å². The molecule has 3 rings (SSSR count). The highest BCUT2D eigenvalue weighted by Gasteiger charge is 2.28. The maximum atomic E-state index is 13.4. The highest BCUT2D eigenvalue weighted by molar-refractivity contribution is 7.89. The van der Waals surface area contributed by atoms with Crippen LogP contribution in [-0.4, -0.2) is 44.8 Å². The molecule has 0 aliphatic rings. The summed E-state index contributed by atoms with van der Waals surface area (Å²) in [4.78, 5) is 26.3. The Morgan fingerprint density at radius 2 is 1.66 bits per heavy atom. The molecule has 5 N–H and O–H groups in total. The summed E-state index contributed by atoms with van der Waals surface area (Å²) in [5.41, 5.74) is 7.32. The molecule has 0 spiro atoms. The molecule has 0 heterocycles. The number of rotatable bonds is 10. The number of primary amides is 1. The summed E-state index contributed by atoms with van der Waals surface area (Å²) in [6, 6.07) is 20.7. The van der Waals surface area contributed by atoms with E-state index in [9.17, 15) is 23.1 Å². The molecular weight excluding hydrogens is 468 g/mol. The van der Waals surface area contributed by atoms with Gasteiger partial charge in [-0.2, -0.15) is 4.72 Å². The van der Waals surface area contributed by atoms with E-state index < -0.39 is 34.2 Å². The van der Waals surface area contributed by atoms with Crippen LogP contribution in [0, 0.1) is 6.92 Å². The van der Waals surface area contributed by atoms with E-state index in [0.717, 1.165) is 5.56 Å². The molecular formula is C25H28N4O5S. The molecule has 3 aromatic carbocycles. The molecule has 0 fully saturated rings. The van der Waals surface area contributed by atoms with Gasteiger partial charge in [-0.3, -0.25) is 14.9 Å². The molecule has 2 amide bonds. The molecule has 3 aromatic rings. The van der Waals surface area contributed by atoms with Crippen molar-refractivity contribution >= 4 is 27.5 Å². The molecule has 0 aliphatic heterocycles. The number of nitrogens with one attached hydrogen (secondary N) is 2. The first kappa shape index (κ1) is 26.0. The molecule has 0 bridgehead atoms. The number of carbonyl (C=O) groups excluding carboxylic acids is 2. The second-order valence-corrected chi connectivity index (χ2v) is 9.69. The molecule has 10 heteroatoms. The monoisotopic (exact) mass is 496 g/mol. The van der Waals surface area contributed by atoms with Gasteiger partial charge < -0.3 is 15.7 Å². The van der Waals surface area contributed by atoms with E-state index in [2.05, 4.69) is 10.0 Å². The lowest BCUT2D eigenvalue weighted by molar-refractivity contribution is -0.121. The summed E-state index contributed by atoms with van der Waals surface area (Å²) in [7, 11) is -2.54. The molecule has 0 radical (unpaired) electrons. The molecule has 35 heavy (non-hydrogen) atoms. The number of aryl methyl sites for hydroxylation is 1. The van der Waals surface area contributed by atoms with Crippen LogP contribution in [0.15, 0.2) is 83.8 Å². The smallest absolute Gasteiger partial charge is 0.248 e. The Labute approximate surface area is 204 Å². The standard InChI is InChI=1S/C25H28N4O5S/c1-17-9-6-7-14-22(17)35(33,34)28-25(32)27-21(15-18-10-4-3-5-11-18)24(31)29(2)20-13-8-12-19(16-20)23(26)30/h3-14,16,21,25,27-28,32H,15H2,1-2H3,(H2,26,30). The third-order valence-electron chi connectivity index (χ3n) is 5.44. The number of carbonyl (C=O) groups is 2. The zero-order valence-electron chi connectivity index (χ0n) is 19.4. The first-order valence-corrected chi connectivity index (χ1v) is 12.3. The van der Waals surface area contributed by atoms with Crippen LogP contribution in [0.25, 0.3) is 0 Å². The number of hydrogen-bond donors (Lipinski definition) is 4. The molecule has 184 valence electrons. The predicted octanol–water partition coefficient (Wildman–Crippen LogP) is 1.51. The zero-order valence-corrected chi connectivity index (χ0v) is 20.2. The maximum absolute atomic E-state index is 13.4. The van der Waals surface area contributed by atoms with Gasteiger partial charge in [0.25, 0.3) is 0 Å². The molecule has 9 nitrogen and oxygen atoms in total. The van der Waals surface area contributed by atoms with Gasteiger partial charge in [0.15, 0.2) is 6.35 Å². The normalized spacial score (nSPS) is 13.1. The summed E-state index contributed by atoms with van der Waals surface area (Å²) in [6.45, 7) is 1.64. The van der Waals surface area contributed by atoms with Gasteiger partial charge in [-0.05, 0) is 48.7 Å². The summed E-state index contributed by atoms with van der Waals surface area (Å²) in [5.74, 6) is -1.09. The minimum atomic E-state index is -4.06. The van der Waals surface area contributed by atoms with Crippen LogP contribution >= 0.6 is 0 Å². The summed E-state index contributed by atoms with van der Waals surface area (Å²) in [6.07, 6.45) is -1.58. The largest absolute Gasteiger partial charge is 0.366 e. The molecule has 0 saturated heterocycles. The molecule has 0 aromatic heterocycles. The molecule has 0 saturated carbocycles. The number of aliphatic hydroxyl groups excluding tert-OH is 1. The van der Waals surface area contributed by atoms with E-state index >= 15 is 0 Å². The number of benzene rings is 3. The van der Waals surface area contributed by atoms with E-state index in [4.69, 9.17) is 5.73 Å². The van der Waals surface area contributed by atoms with Gasteiger partial charge in [0.05, 0.1) is 10.9 Å². The molecule has 0 aliphatic carbocycles. The van der Waals surface area contributed by atoms with Crippen molar-refractivity contribution in [2.24, 2.45) is 5.73 Å². The van der Waals surface area contributed by atoms with Crippen molar-refractivity contribution < 1.29 is 23.1 Å². The fourth-order valence-corrected chi connectivity index (χ4v) is 4.83. The van der Waals surface area contributed by atoms with Gasteiger partial charge in [-0.1, -0.05) is 54.6 Å². The van der Waals surface area contributed by atoms with E-state index in [0.29, 0.717) is 11.3 Å². The number of amides is 2. The SMILES string of the molecule is Cc1ccccc1S(=O)(=O)NC(O)NC(Cc1ccccc1)C(=O)N(C)c1cccc(C(N)=O)c1. The Bertz CT molecular complexity index is 1300. The number of nitrogens with two attached hydrogens (primary N) is 1. The average molecular weight is 497 g/mol. The van der Waals surface area contributed by atoms with Gasteiger partial charge in [-0.25, -0.2) is 8.42 Å². The van der Waals surface area contributed by atoms with Crippen molar-refractivity contribution in [2.75, 3.05) is 11.9 Å². The van der Waals surface area contributed by atoms with Gasteiger partial charge in [-0.15, -0.1) is 0 Å². The highest BCUT2D eigenvalue weighted by Crippen LogP contribution is 2.18. The van der Waals surface area contributed by atoms with Crippen LogP contribution in [-0.2, 0) is 21.2 Å². The summed E-state index contributed by atoms with van der Waals surface area (Å²) < 4.78 is 27.7. The van der Waals surface area contributed by atoms with Crippen LogP contribution in [0.2, 0.25) is 0 Å². The van der Waals surface area contributed by atoms with Crippen molar-refractivity contribution in [3.05, 3.63) is 95.6 Å². The number of sulfonamides is 1. The lowest BCUT2D eigenvalue weighted by Crippen LogP contribution is -2.55. The number of nitrogens with zero attached hydrogens (tertiary/aromatic N) is 1. The van der Waals surface area contributed by atoms with Crippen LogP contribution in [0.5, 0.6) is 0 Å². The van der Waals surface area contributed by atoms with Crippen LogP contribution < -0.4 is 20.7 Å². The molecule has 2 unspecified atom stereocenters. The van der Waals surface area contributed by atoms with E-state index in [1.165, 1.54) is 30.1 Å². The second-order valence-electron chi connectivity index (χ2n) is 8.01. The highest BCUT2D eigenvalue weighted by atomic mass is 32.2. The fraction of sp³-hybridized carbons (Fsp3) is 0.200. The third-order valence-corrected chi connectivity index (χ3v) is 7.01. The molecule has 2 atom stereocenters. The van der Waals surface area contributed by atoms with Gasteiger partial charge in [0.1, 0.15) is 0 Å². The maximum Gasteiger partial charge on any atom is 0.248 e. The van der Waals surface area contributed by atoms with Crippen molar-refractivity contribution in [1.29, 1.82) is 0 Å². The number of hydrogen-bond acceptors (Lipinski definition) is 6. The Kier molecular flexibility index (Phi) is 8.36. The Morgan fingerprint density at radius 3 is 2.31 bits per heavy atom. The third kappa shape index (κ3) is 6.74. The van der Waals surface area contributed by atoms with Crippen molar-refractivity contribution in [1.82, 2.24) is 10.0 Å². The van der Waals surface area contributed by atoms with Crippen molar-refractivity contribution in [3.8, 4) is 0 Å². The number of aliphatic hydroxyl groups is 1. The van der Waals surface area contributed by atoms with Gasteiger partial charge >= 0.3 is 0 Å². The summed E-state index contributed by atoms with van der Waals surface area (Å²) >= 11 is 0. The van der Waals surface area contributed by atoms with E-state index in [-0.39, 0.29) is 16.9 Å². The lowest BCUT2D eigenvalue weighted by atomic mass is 10.0. The Morgan fingerprint density at radius 1 is 1.00 bits per heavy atom. The average Bonchev–Trinajstić information content (AvgIpc) is 2.83. The number of anilines is 1. The quantitative estimate of drug-likeness (QED) is 0.314. The van der Waals surface area contributed by atoms with Crippen molar-refractivity contribution in [2.45, 2.75) is 30.6 Å². The first-order chi connectivity index (χ1) is 16.6. The fourth-order valence-electron chi connectivity index (χ4n) is 3.59. The summed E-state index contributed by atoms with van der Waals surface area (Å²) in [5, 5.41) is 13.3. The van der Waals surface area contributed by atoms with E-state index in [1.54, 1.807) is 37.3 Å². The van der Waals surface area contributed by atoms with Gasteiger partial charge in [0.2, 0.25) is 21.8 Å². The lowest BCUT2D eigenvalue weighted by Gasteiger charge is -2.27. The number of likely N-dealkylation sites (N-methyl/N-ethyl adjacent to an activating group) is 1. The van der Waals surface area contributed by atoms with Gasteiger partial charge in [0, 0.05) is 18.3 Å². The van der Waals surface area contributed by atoms with Crippen LogP contribution in [0.1, 0.15) is 21.5 Å². The topological polar surface area (TPSA) is 142 Å². The Balaban J connectivity index is 1.84. The zero-order chi connectivity index (χ0) is 25.6. The first-order valence-electron chi connectivity index (χ1n) is 10.8. The van der Waals surface area contributed by atoms with Crippen LogP contribution in [0.4, 0.5) is 5.69 Å².